The molecule has 2 rings (SSSR count). The Kier molecular flexibility index (Phi) is 1.81. The van der Waals surface area contributed by atoms with E-state index < -0.39 is 0 Å². The van der Waals surface area contributed by atoms with E-state index in [2.05, 4.69) is 15.2 Å². The van der Waals surface area contributed by atoms with Crippen molar-refractivity contribution in [2.45, 2.75) is 13.8 Å². The molecule has 0 aromatic carbocycles. The first-order chi connectivity index (χ1) is 6.18. The van der Waals surface area contributed by atoms with Gasteiger partial charge in [0.1, 0.15) is 10.8 Å². The van der Waals surface area contributed by atoms with Gasteiger partial charge in [0.15, 0.2) is 0 Å². The van der Waals surface area contributed by atoms with E-state index in [0.29, 0.717) is 5.82 Å². The van der Waals surface area contributed by atoms with Crippen LogP contribution in [0.25, 0.3) is 10.6 Å². The van der Waals surface area contributed by atoms with Gasteiger partial charge in [-0.15, -0.1) is 11.3 Å². The molecule has 0 saturated heterocycles. The molecule has 0 saturated carbocycles. The Labute approximate surface area is 79.8 Å². The number of anilines is 1. The monoisotopic (exact) mass is 194 g/mol. The highest BCUT2D eigenvalue weighted by Crippen LogP contribution is 2.29. The van der Waals surface area contributed by atoms with E-state index in [9.17, 15) is 0 Å². The minimum Gasteiger partial charge on any atom is -0.383 e. The summed E-state index contributed by atoms with van der Waals surface area (Å²) in [5.41, 5.74) is 7.63. The second-order valence-electron chi connectivity index (χ2n) is 2.86. The number of thiazole rings is 1. The topological polar surface area (TPSA) is 67.6 Å². The molecule has 5 heteroatoms. The van der Waals surface area contributed by atoms with E-state index in [0.717, 1.165) is 16.3 Å². The Morgan fingerprint density at radius 1 is 1.46 bits per heavy atom. The van der Waals surface area contributed by atoms with Gasteiger partial charge in [0.2, 0.25) is 0 Å². The van der Waals surface area contributed by atoms with E-state index in [1.54, 1.807) is 17.5 Å². The molecule has 13 heavy (non-hydrogen) atoms. The van der Waals surface area contributed by atoms with Gasteiger partial charge in [0, 0.05) is 4.88 Å². The maximum Gasteiger partial charge on any atom is 0.129 e. The molecule has 0 spiro atoms. The number of aromatic amines is 1. The number of aromatic nitrogens is 3. The average molecular weight is 194 g/mol. The van der Waals surface area contributed by atoms with Crippen LogP contribution in [-0.4, -0.2) is 15.2 Å². The Morgan fingerprint density at radius 2 is 2.23 bits per heavy atom. The Balaban J connectivity index is 2.53. The zero-order valence-electron chi connectivity index (χ0n) is 7.46. The molecule has 0 bridgehead atoms. The van der Waals surface area contributed by atoms with Crippen molar-refractivity contribution >= 4 is 17.2 Å². The first-order valence-corrected chi connectivity index (χ1v) is 4.73. The molecule has 2 aromatic heterocycles. The third-order valence-corrected chi connectivity index (χ3v) is 3.03. The van der Waals surface area contributed by atoms with Crippen molar-refractivity contribution < 1.29 is 0 Å². The summed E-state index contributed by atoms with van der Waals surface area (Å²) in [6, 6.07) is 0. The van der Waals surface area contributed by atoms with Crippen molar-refractivity contribution in [3.8, 4) is 10.6 Å². The number of hydrogen-bond donors (Lipinski definition) is 2. The molecule has 0 amide bonds. The predicted octanol–water partition coefficient (Wildman–Crippen LogP) is 1.73. The van der Waals surface area contributed by atoms with Crippen molar-refractivity contribution in [2.24, 2.45) is 0 Å². The quantitative estimate of drug-likeness (QED) is 0.726. The molecule has 0 atom stereocenters. The van der Waals surface area contributed by atoms with Gasteiger partial charge in [-0.3, -0.25) is 5.10 Å². The van der Waals surface area contributed by atoms with Crippen LogP contribution in [-0.2, 0) is 0 Å². The SMILES string of the molecule is Cc1nc(-c2cn[nH]c2N)sc1C. The summed E-state index contributed by atoms with van der Waals surface area (Å²) in [5.74, 6) is 0.578. The van der Waals surface area contributed by atoms with Crippen LogP contribution in [0.2, 0.25) is 0 Å². The van der Waals surface area contributed by atoms with Crippen LogP contribution in [0.4, 0.5) is 5.82 Å². The van der Waals surface area contributed by atoms with Crippen molar-refractivity contribution in [3.63, 3.8) is 0 Å². The van der Waals surface area contributed by atoms with Crippen LogP contribution in [0, 0.1) is 13.8 Å². The molecule has 0 radical (unpaired) electrons. The summed E-state index contributed by atoms with van der Waals surface area (Å²) in [7, 11) is 0. The Bertz CT molecular complexity index is 410. The summed E-state index contributed by atoms with van der Waals surface area (Å²) < 4.78 is 0. The number of H-pyrrole nitrogens is 1. The molecule has 0 aliphatic carbocycles. The lowest BCUT2D eigenvalue weighted by atomic mass is 10.3. The van der Waals surface area contributed by atoms with Gasteiger partial charge < -0.3 is 5.73 Å². The molecule has 2 aromatic rings. The number of nitrogens with two attached hydrogens (primary N) is 1. The zero-order chi connectivity index (χ0) is 9.42. The van der Waals surface area contributed by atoms with Crippen LogP contribution in [0.15, 0.2) is 6.20 Å². The van der Waals surface area contributed by atoms with Gasteiger partial charge in [-0.25, -0.2) is 4.98 Å². The Hall–Kier alpha value is -1.36. The van der Waals surface area contributed by atoms with E-state index in [1.165, 1.54) is 4.88 Å². The van der Waals surface area contributed by atoms with E-state index >= 15 is 0 Å². The average Bonchev–Trinajstić information content (AvgIpc) is 2.60. The normalized spacial score (nSPS) is 10.6. The molecule has 68 valence electrons. The molecular formula is C8H10N4S. The molecule has 0 aliphatic rings. The van der Waals surface area contributed by atoms with Crippen molar-refractivity contribution in [2.75, 3.05) is 5.73 Å². The highest BCUT2D eigenvalue weighted by atomic mass is 32.1. The lowest BCUT2D eigenvalue weighted by molar-refractivity contribution is 1.10. The highest BCUT2D eigenvalue weighted by molar-refractivity contribution is 7.15. The molecule has 0 unspecified atom stereocenters. The first-order valence-electron chi connectivity index (χ1n) is 3.91. The standard InChI is InChI=1S/C8H10N4S/c1-4-5(2)13-8(11-4)6-3-10-12-7(6)9/h3H,1-2H3,(H3,9,10,12). The lowest BCUT2D eigenvalue weighted by Gasteiger charge is -1.89. The maximum absolute atomic E-state index is 5.68. The third-order valence-electron chi connectivity index (χ3n) is 1.93. The largest absolute Gasteiger partial charge is 0.383 e. The van der Waals surface area contributed by atoms with Gasteiger partial charge in [-0.05, 0) is 13.8 Å². The van der Waals surface area contributed by atoms with Crippen molar-refractivity contribution in [3.05, 3.63) is 16.8 Å². The van der Waals surface area contributed by atoms with Gasteiger partial charge in [-0.1, -0.05) is 0 Å². The highest BCUT2D eigenvalue weighted by Gasteiger charge is 2.10. The summed E-state index contributed by atoms with van der Waals surface area (Å²) in [5, 5.41) is 7.48. The second-order valence-corrected chi connectivity index (χ2v) is 4.06. The van der Waals surface area contributed by atoms with Crippen LogP contribution in [0.3, 0.4) is 0 Å². The fourth-order valence-corrected chi connectivity index (χ4v) is 1.99. The summed E-state index contributed by atoms with van der Waals surface area (Å²) in [6.45, 7) is 4.04. The number of hydrogen-bond acceptors (Lipinski definition) is 4. The number of nitrogens with zero attached hydrogens (tertiary/aromatic N) is 2. The number of rotatable bonds is 1. The zero-order valence-corrected chi connectivity index (χ0v) is 8.27. The number of nitrogen functional groups attached to an aromatic ring is 1. The third kappa shape index (κ3) is 1.31. The Morgan fingerprint density at radius 3 is 2.69 bits per heavy atom. The van der Waals surface area contributed by atoms with Crippen molar-refractivity contribution in [1.82, 2.24) is 15.2 Å². The molecule has 0 aliphatic heterocycles. The summed E-state index contributed by atoms with van der Waals surface area (Å²) >= 11 is 1.64. The van der Waals surface area contributed by atoms with Crippen LogP contribution in [0.1, 0.15) is 10.6 Å². The van der Waals surface area contributed by atoms with E-state index in [4.69, 9.17) is 5.73 Å². The molecule has 4 nitrogen and oxygen atoms in total. The summed E-state index contributed by atoms with van der Waals surface area (Å²) in [4.78, 5) is 5.61. The smallest absolute Gasteiger partial charge is 0.129 e. The lowest BCUT2D eigenvalue weighted by Crippen LogP contribution is -1.86. The molecule has 2 heterocycles. The van der Waals surface area contributed by atoms with Crippen LogP contribution in [0.5, 0.6) is 0 Å². The van der Waals surface area contributed by atoms with Gasteiger partial charge in [0.05, 0.1) is 17.5 Å². The first kappa shape index (κ1) is 8.25. The maximum atomic E-state index is 5.68. The van der Waals surface area contributed by atoms with Crippen molar-refractivity contribution in [1.29, 1.82) is 0 Å². The fourth-order valence-electron chi connectivity index (χ4n) is 1.05. The molecule has 0 fully saturated rings. The number of nitrogens with one attached hydrogen (secondary N) is 1. The van der Waals surface area contributed by atoms with E-state index in [-0.39, 0.29) is 0 Å². The minimum absolute atomic E-state index is 0.578. The molecular weight excluding hydrogens is 184 g/mol. The number of aryl methyl sites for hydroxylation is 2. The van der Waals surface area contributed by atoms with Gasteiger partial charge >= 0.3 is 0 Å². The summed E-state index contributed by atoms with van der Waals surface area (Å²) in [6.07, 6.45) is 1.70. The van der Waals surface area contributed by atoms with Gasteiger partial charge in [-0.2, -0.15) is 5.10 Å². The van der Waals surface area contributed by atoms with E-state index in [1.807, 2.05) is 13.8 Å². The van der Waals surface area contributed by atoms with Crippen LogP contribution < -0.4 is 5.73 Å². The fraction of sp³-hybridized carbons (Fsp3) is 0.250. The minimum atomic E-state index is 0.578. The molecule has 3 N–H and O–H groups in total. The second kappa shape index (κ2) is 2.85. The van der Waals surface area contributed by atoms with Crippen LogP contribution >= 0.6 is 11.3 Å². The van der Waals surface area contributed by atoms with Gasteiger partial charge in [0.25, 0.3) is 0 Å². The predicted molar refractivity (Wildman–Crippen MR) is 53.6 cm³/mol.